The van der Waals surface area contributed by atoms with Crippen LogP contribution in [0.5, 0.6) is 5.75 Å². The third kappa shape index (κ3) is 4.60. The van der Waals surface area contributed by atoms with Crippen LogP contribution in [0.1, 0.15) is 41.8 Å². The number of hydrogen-bond donors (Lipinski definition) is 1. The second-order valence-electron chi connectivity index (χ2n) is 5.47. The van der Waals surface area contributed by atoms with Crippen LogP contribution in [0.15, 0.2) is 35.7 Å². The Morgan fingerprint density at radius 2 is 2.18 bits per heavy atom. The van der Waals surface area contributed by atoms with E-state index in [1.165, 1.54) is 4.88 Å². The van der Waals surface area contributed by atoms with Gasteiger partial charge in [0.1, 0.15) is 5.75 Å². The molecule has 2 aromatic rings. The molecular formula is C18H23NO2S. The van der Waals surface area contributed by atoms with Crippen molar-refractivity contribution in [1.29, 1.82) is 0 Å². The molecule has 1 atom stereocenters. The Kier molecular flexibility index (Phi) is 6.01. The van der Waals surface area contributed by atoms with Gasteiger partial charge < -0.3 is 10.1 Å². The summed E-state index contributed by atoms with van der Waals surface area (Å²) in [4.78, 5) is 13.4. The first-order chi connectivity index (χ1) is 10.6. The fourth-order valence-electron chi connectivity index (χ4n) is 2.46. The van der Waals surface area contributed by atoms with Gasteiger partial charge in [-0.15, -0.1) is 11.3 Å². The Hall–Kier alpha value is -1.81. The quantitative estimate of drug-likeness (QED) is 0.828. The van der Waals surface area contributed by atoms with E-state index in [-0.39, 0.29) is 11.9 Å². The highest BCUT2D eigenvalue weighted by Crippen LogP contribution is 2.26. The van der Waals surface area contributed by atoms with Gasteiger partial charge in [-0.2, -0.15) is 0 Å². The van der Waals surface area contributed by atoms with Gasteiger partial charge in [-0.3, -0.25) is 4.79 Å². The lowest BCUT2D eigenvalue weighted by molar-refractivity contribution is -0.121. The standard InChI is InChI=1S/C18H23NO2S/c1-13-9-10-17(21-3)16(12-13)14(2)19-18(20)8-4-6-15-7-5-11-22-15/h5,7,9-12,14H,4,6,8H2,1-3H3,(H,19,20). The summed E-state index contributed by atoms with van der Waals surface area (Å²) >= 11 is 1.74. The molecule has 0 aliphatic heterocycles. The summed E-state index contributed by atoms with van der Waals surface area (Å²) in [6, 6.07) is 10.1. The zero-order valence-electron chi connectivity index (χ0n) is 13.4. The maximum absolute atomic E-state index is 12.1. The predicted molar refractivity (Wildman–Crippen MR) is 91.5 cm³/mol. The van der Waals surface area contributed by atoms with Crippen molar-refractivity contribution < 1.29 is 9.53 Å². The van der Waals surface area contributed by atoms with E-state index in [0.29, 0.717) is 6.42 Å². The Morgan fingerprint density at radius 1 is 1.36 bits per heavy atom. The highest BCUT2D eigenvalue weighted by atomic mass is 32.1. The van der Waals surface area contributed by atoms with Gasteiger partial charge in [-0.1, -0.05) is 23.8 Å². The molecule has 1 N–H and O–H groups in total. The third-order valence-electron chi connectivity index (χ3n) is 3.64. The number of thiophene rings is 1. The molecule has 0 fully saturated rings. The van der Waals surface area contributed by atoms with Gasteiger partial charge >= 0.3 is 0 Å². The van der Waals surface area contributed by atoms with Crippen LogP contribution >= 0.6 is 11.3 Å². The Labute approximate surface area is 136 Å². The first-order valence-corrected chi connectivity index (χ1v) is 8.44. The second-order valence-corrected chi connectivity index (χ2v) is 6.50. The molecule has 2 rings (SSSR count). The number of rotatable bonds is 7. The van der Waals surface area contributed by atoms with Crippen LogP contribution in [0, 0.1) is 6.92 Å². The number of amides is 1. The summed E-state index contributed by atoms with van der Waals surface area (Å²) in [5, 5.41) is 5.13. The molecule has 0 radical (unpaired) electrons. The van der Waals surface area contributed by atoms with Crippen LogP contribution in [0.2, 0.25) is 0 Å². The zero-order chi connectivity index (χ0) is 15.9. The average Bonchev–Trinajstić information content (AvgIpc) is 3.00. The predicted octanol–water partition coefficient (Wildman–Crippen LogP) is 4.27. The van der Waals surface area contributed by atoms with Crippen molar-refractivity contribution >= 4 is 17.2 Å². The molecule has 1 aromatic carbocycles. The average molecular weight is 317 g/mol. The molecular weight excluding hydrogens is 294 g/mol. The summed E-state index contributed by atoms with van der Waals surface area (Å²) in [5.41, 5.74) is 2.18. The van der Waals surface area contributed by atoms with Crippen LogP contribution in [-0.2, 0) is 11.2 Å². The second kappa shape index (κ2) is 7.99. The van der Waals surface area contributed by atoms with Gasteiger partial charge in [-0.05, 0) is 44.2 Å². The van der Waals surface area contributed by atoms with Crippen LogP contribution in [0.25, 0.3) is 0 Å². The van der Waals surface area contributed by atoms with E-state index in [2.05, 4.69) is 22.8 Å². The highest BCUT2D eigenvalue weighted by Gasteiger charge is 2.14. The Bertz CT molecular complexity index is 608. The van der Waals surface area contributed by atoms with Crippen LogP contribution in [-0.4, -0.2) is 13.0 Å². The van der Waals surface area contributed by atoms with E-state index >= 15 is 0 Å². The molecule has 1 aromatic heterocycles. The zero-order valence-corrected chi connectivity index (χ0v) is 14.2. The fourth-order valence-corrected chi connectivity index (χ4v) is 3.21. The fraction of sp³-hybridized carbons (Fsp3) is 0.389. The monoisotopic (exact) mass is 317 g/mol. The molecule has 1 unspecified atom stereocenters. The number of nitrogens with one attached hydrogen (secondary N) is 1. The molecule has 1 heterocycles. The summed E-state index contributed by atoms with van der Waals surface area (Å²) in [5.74, 6) is 0.907. The normalized spacial score (nSPS) is 12.0. The highest BCUT2D eigenvalue weighted by molar-refractivity contribution is 7.09. The molecule has 3 nitrogen and oxygen atoms in total. The minimum Gasteiger partial charge on any atom is -0.496 e. The number of hydrogen-bond acceptors (Lipinski definition) is 3. The number of carbonyl (C=O) groups is 1. The molecule has 0 aliphatic carbocycles. The number of benzene rings is 1. The lowest BCUT2D eigenvalue weighted by atomic mass is 10.0. The van der Waals surface area contributed by atoms with Crippen molar-refractivity contribution in [2.24, 2.45) is 0 Å². The maximum atomic E-state index is 12.1. The number of aryl methyl sites for hydroxylation is 2. The van der Waals surface area contributed by atoms with Crippen LogP contribution < -0.4 is 10.1 Å². The molecule has 22 heavy (non-hydrogen) atoms. The first kappa shape index (κ1) is 16.6. The van der Waals surface area contributed by atoms with Crippen molar-refractivity contribution in [1.82, 2.24) is 5.32 Å². The third-order valence-corrected chi connectivity index (χ3v) is 4.57. The van der Waals surface area contributed by atoms with E-state index in [9.17, 15) is 4.79 Å². The van der Waals surface area contributed by atoms with Gasteiger partial charge in [0.05, 0.1) is 13.2 Å². The van der Waals surface area contributed by atoms with E-state index in [1.807, 2.05) is 32.0 Å². The van der Waals surface area contributed by atoms with E-state index < -0.39 is 0 Å². The van der Waals surface area contributed by atoms with Crippen molar-refractivity contribution in [3.63, 3.8) is 0 Å². The minimum atomic E-state index is -0.0518. The van der Waals surface area contributed by atoms with Gasteiger partial charge in [0, 0.05) is 16.9 Å². The van der Waals surface area contributed by atoms with E-state index in [4.69, 9.17) is 4.74 Å². The first-order valence-electron chi connectivity index (χ1n) is 7.56. The van der Waals surface area contributed by atoms with Crippen LogP contribution in [0.3, 0.4) is 0 Å². The van der Waals surface area contributed by atoms with E-state index in [1.54, 1.807) is 18.4 Å². The van der Waals surface area contributed by atoms with Gasteiger partial charge in [0.2, 0.25) is 5.91 Å². The molecule has 1 amide bonds. The lowest BCUT2D eigenvalue weighted by Crippen LogP contribution is -2.26. The molecule has 0 saturated carbocycles. The molecule has 0 aliphatic rings. The van der Waals surface area contributed by atoms with Crippen molar-refractivity contribution in [3.05, 3.63) is 51.7 Å². The maximum Gasteiger partial charge on any atom is 0.220 e. The minimum absolute atomic E-state index is 0.0518. The topological polar surface area (TPSA) is 38.3 Å². The van der Waals surface area contributed by atoms with Crippen molar-refractivity contribution in [2.75, 3.05) is 7.11 Å². The van der Waals surface area contributed by atoms with Crippen molar-refractivity contribution in [2.45, 2.75) is 39.2 Å². The molecule has 0 saturated heterocycles. The Morgan fingerprint density at radius 3 is 2.86 bits per heavy atom. The van der Waals surface area contributed by atoms with Gasteiger partial charge in [-0.25, -0.2) is 0 Å². The van der Waals surface area contributed by atoms with E-state index in [0.717, 1.165) is 29.7 Å². The SMILES string of the molecule is COc1ccc(C)cc1C(C)NC(=O)CCCc1cccs1. The lowest BCUT2D eigenvalue weighted by Gasteiger charge is -2.18. The number of methoxy groups -OCH3 is 1. The molecule has 4 heteroatoms. The number of carbonyl (C=O) groups excluding carboxylic acids is 1. The summed E-state index contributed by atoms with van der Waals surface area (Å²) in [6.45, 7) is 4.03. The molecule has 118 valence electrons. The molecule has 0 bridgehead atoms. The Balaban J connectivity index is 1.86. The van der Waals surface area contributed by atoms with Crippen molar-refractivity contribution in [3.8, 4) is 5.75 Å². The van der Waals surface area contributed by atoms with Gasteiger partial charge in [0.15, 0.2) is 0 Å². The van der Waals surface area contributed by atoms with Gasteiger partial charge in [0.25, 0.3) is 0 Å². The number of ether oxygens (including phenoxy) is 1. The summed E-state index contributed by atoms with van der Waals surface area (Å²) in [7, 11) is 1.66. The summed E-state index contributed by atoms with van der Waals surface area (Å²) < 4.78 is 5.38. The van der Waals surface area contributed by atoms with Crippen LogP contribution in [0.4, 0.5) is 0 Å². The molecule has 0 spiro atoms. The largest absolute Gasteiger partial charge is 0.496 e. The summed E-state index contributed by atoms with van der Waals surface area (Å²) in [6.07, 6.45) is 2.40. The smallest absolute Gasteiger partial charge is 0.220 e.